The number of anilines is 1. The molecule has 0 aliphatic rings. The van der Waals surface area contributed by atoms with Crippen LogP contribution in [0.3, 0.4) is 0 Å². The minimum Gasteiger partial charge on any atom is -0.508 e. The van der Waals surface area contributed by atoms with Crippen molar-refractivity contribution in [1.29, 1.82) is 0 Å². The Morgan fingerprint density at radius 1 is 0.967 bits per heavy atom. The summed E-state index contributed by atoms with van der Waals surface area (Å²) in [7, 11) is -3.26. The number of phenolic OH excluding ortho intramolecular Hbond substituents is 1. The molecule has 4 rings (SSSR count). The Balaban J connectivity index is 1.62. The summed E-state index contributed by atoms with van der Waals surface area (Å²) in [5.74, 6) is 0.232. The van der Waals surface area contributed by atoms with Crippen molar-refractivity contribution in [2.24, 2.45) is 0 Å². The molecule has 0 spiro atoms. The van der Waals surface area contributed by atoms with Crippen LogP contribution in [0.25, 0.3) is 10.9 Å². The third kappa shape index (κ3) is 4.49. The number of nitrogens with zero attached hydrogens (tertiary/aromatic N) is 1. The Kier molecular flexibility index (Phi) is 5.50. The van der Waals surface area contributed by atoms with Gasteiger partial charge in [0.05, 0.1) is 4.90 Å². The molecule has 1 aromatic heterocycles. The number of aromatic hydroxyl groups is 1. The summed E-state index contributed by atoms with van der Waals surface area (Å²) in [6.45, 7) is 1.43. The molecule has 2 N–H and O–H groups in total. The van der Waals surface area contributed by atoms with Gasteiger partial charge in [0.15, 0.2) is 9.84 Å². The molecule has 0 atom stereocenters. The van der Waals surface area contributed by atoms with E-state index in [1.165, 1.54) is 11.8 Å². The minimum absolute atomic E-state index is 0.232. The quantitative estimate of drug-likeness (QED) is 0.461. The first-order chi connectivity index (χ1) is 14.4. The topological polar surface area (TPSA) is 73.4 Å². The lowest BCUT2D eigenvalue weighted by Gasteiger charge is -2.25. The smallest absolute Gasteiger partial charge is 0.175 e. The highest BCUT2D eigenvalue weighted by Gasteiger charge is 2.13. The number of aromatic nitrogens is 1. The van der Waals surface area contributed by atoms with Crippen molar-refractivity contribution in [2.75, 3.05) is 17.7 Å². The molecule has 0 bridgehead atoms. The largest absolute Gasteiger partial charge is 0.508 e. The van der Waals surface area contributed by atoms with Crippen molar-refractivity contribution < 1.29 is 13.5 Å². The fourth-order valence-electron chi connectivity index (χ4n) is 3.64. The fraction of sp³-hybridized carbons (Fsp3) is 0.167. The number of phenols is 1. The van der Waals surface area contributed by atoms with Gasteiger partial charge in [0, 0.05) is 48.2 Å². The first-order valence-electron chi connectivity index (χ1n) is 9.78. The van der Waals surface area contributed by atoms with Gasteiger partial charge in [0.1, 0.15) is 5.75 Å². The maximum atomic E-state index is 12.0. The van der Waals surface area contributed by atoms with Crippen LogP contribution in [0.5, 0.6) is 5.75 Å². The molecule has 5 nitrogen and oxygen atoms in total. The van der Waals surface area contributed by atoms with Crippen LogP contribution in [0.1, 0.15) is 11.1 Å². The van der Waals surface area contributed by atoms with Gasteiger partial charge in [-0.1, -0.05) is 36.4 Å². The molecule has 4 aromatic rings. The van der Waals surface area contributed by atoms with Crippen molar-refractivity contribution >= 4 is 26.4 Å². The van der Waals surface area contributed by atoms with Gasteiger partial charge in [-0.3, -0.25) is 0 Å². The molecule has 0 saturated carbocycles. The van der Waals surface area contributed by atoms with E-state index < -0.39 is 9.84 Å². The number of aromatic amines is 1. The summed E-state index contributed by atoms with van der Waals surface area (Å²) in [6.07, 6.45) is 3.90. The van der Waals surface area contributed by atoms with Gasteiger partial charge in [-0.05, 0) is 47.9 Å². The SMILES string of the molecule is CS(=O)(=O)c1ccc2[nH]cc(CCN(Cc3ccccc3)c3cccc(O)c3)c2c1. The van der Waals surface area contributed by atoms with E-state index in [0.717, 1.165) is 28.6 Å². The summed E-state index contributed by atoms with van der Waals surface area (Å²) in [5, 5.41) is 10.9. The van der Waals surface area contributed by atoms with Crippen LogP contribution >= 0.6 is 0 Å². The van der Waals surface area contributed by atoms with E-state index in [2.05, 4.69) is 22.0 Å². The molecule has 1 heterocycles. The molecular formula is C24H24N2O3S. The van der Waals surface area contributed by atoms with Crippen LogP contribution in [-0.4, -0.2) is 31.3 Å². The predicted octanol–water partition coefficient (Wildman–Crippen LogP) is 4.53. The van der Waals surface area contributed by atoms with E-state index in [1.54, 1.807) is 24.3 Å². The standard InChI is InChI=1S/C24H24N2O3S/c1-30(28,29)22-10-11-24-23(15-22)19(16-25-24)12-13-26(17-18-6-3-2-4-7-18)20-8-5-9-21(27)14-20/h2-11,14-16,25,27H,12-13,17H2,1H3. The van der Waals surface area contributed by atoms with E-state index in [4.69, 9.17) is 0 Å². The second-order valence-electron chi connectivity index (χ2n) is 7.47. The lowest BCUT2D eigenvalue weighted by Crippen LogP contribution is -2.25. The molecule has 0 aliphatic heterocycles. The minimum atomic E-state index is -3.26. The van der Waals surface area contributed by atoms with Gasteiger partial charge < -0.3 is 15.0 Å². The molecule has 0 fully saturated rings. The van der Waals surface area contributed by atoms with E-state index in [0.29, 0.717) is 18.0 Å². The van der Waals surface area contributed by atoms with E-state index in [1.807, 2.05) is 42.6 Å². The van der Waals surface area contributed by atoms with Gasteiger partial charge in [-0.25, -0.2) is 8.42 Å². The second-order valence-corrected chi connectivity index (χ2v) is 9.49. The molecule has 3 aromatic carbocycles. The van der Waals surface area contributed by atoms with Crippen LogP contribution < -0.4 is 4.90 Å². The highest BCUT2D eigenvalue weighted by Crippen LogP contribution is 2.25. The molecule has 154 valence electrons. The van der Waals surface area contributed by atoms with E-state index >= 15 is 0 Å². The van der Waals surface area contributed by atoms with Crippen molar-refractivity contribution in [2.45, 2.75) is 17.9 Å². The summed E-state index contributed by atoms with van der Waals surface area (Å²) >= 11 is 0. The van der Waals surface area contributed by atoms with Crippen LogP contribution in [0.4, 0.5) is 5.69 Å². The lowest BCUT2D eigenvalue weighted by molar-refractivity contribution is 0.475. The monoisotopic (exact) mass is 420 g/mol. The number of nitrogens with one attached hydrogen (secondary N) is 1. The Morgan fingerprint density at radius 3 is 2.50 bits per heavy atom. The lowest BCUT2D eigenvalue weighted by atomic mass is 10.1. The molecular weight excluding hydrogens is 396 g/mol. The first-order valence-corrected chi connectivity index (χ1v) is 11.7. The maximum Gasteiger partial charge on any atom is 0.175 e. The summed E-state index contributed by atoms with van der Waals surface area (Å²) in [6, 6.07) is 22.6. The number of fused-ring (bicyclic) bond motifs is 1. The van der Waals surface area contributed by atoms with Crippen molar-refractivity contribution in [3.63, 3.8) is 0 Å². The zero-order valence-electron chi connectivity index (χ0n) is 16.7. The van der Waals surface area contributed by atoms with Gasteiger partial charge in [-0.15, -0.1) is 0 Å². The number of hydrogen-bond donors (Lipinski definition) is 2. The number of benzene rings is 3. The number of rotatable bonds is 7. The summed E-state index contributed by atoms with van der Waals surface area (Å²) in [4.78, 5) is 5.78. The number of sulfone groups is 1. The van der Waals surface area contributed by atoms with Crippen LogP contribution in [0.15, 0.2) is 83.9 Å². The molecule has 0 saturated heterocycles. The molecule has 30 heavy (non-hydrogen) atoms. The van der Waals surface area contributed by atoms with E-state index in [9.17, 15) is 13.5 Å². The molecule has 6 heteroatoms. The van der Waals surface area contributed by atoms with Crippen molar-refractivity contribution in [1.82, 2.24) is 4.98 Å². The van der Waals surface area contributed by atoms with Crippen LogP contribution in [-0.2, 0) is 22.8 Å². The number of H-pyrrole nitrogens is 1. The summed E-state index contributed by atoms with van der Waals surface area (Å²) in [5.41, 5.74) is 4.10. The van der Waals surface area contributed by atoms with Crippen LogP contribution in [0.2, 0.25) is 0 Å². The molecule has 0 aliphatic carbocycles. The highest BCUT2D eigenvalue weighted by molar-refractivity contribution is 7.90. The Morgan fingerprint density at radius 2 is 1.77 bits per heavy atom. The first kappa shape index (κ1) is 20.0. The Bertz CT molecular complexity index is 1260. The van der Waals surface area contributed by atoms with Gasteiger partial charge in [-0.2, -0.15) is 0 Å². The normalized spacial score (nSPS) is 11.6. The highest BCUT2D eigenvalue weighted by atomic mass is 32.2. The molecule has 0 amide bonds. The Labute approximate surface area is 176 Å². The zero-order valence-corrected chi connectivity index (χ0v) is 17.6. The average molecular weight is 421 g/mol. The van der Waals surface area contributed by atoms with Gasteiger partial charge in [0.2, 0.25) is 0 Å². The third-order valence-corrected chi connectivity index (χ3v) is 6.34. The predicted molar refractivity (Wildman–Crippen MR) is 121 cm³/mol. The van der Waals surface area contributed by atoms with E-state index in [-0.39, 0.29) is 5.75 Å². The zero-order chi connectivity index (χ0) is 21.1. The third-order valence-electron chi connectivity index (χ3n) is 5.23. The van der Waals surface area contributed by atoms with Crippen molar-refractivity contribution in [3.05, 3.63) is 90.1 Å². The van der Waals surface area contributed by atoms with Crippen LogP contribution in [0, 0.1) is 0 Å². The van der Waals surface area contributed by atoms with Gasteiger partial charge in [0.25, 0.3) is 0 Å². The Hall–Kier alpha value is -3.25. The second kappa shape index (κ2) is 8.24. The van der Waals surface area contributed by atoms with Gasteiger partial charge >= 0.3 is 0 Å². The maximum absolute atomic E-state index is 12.0. The van der Waals surface area contributed by atoms with Crippen molar-refractivity contribution in [3.8, 4) is 5.75 Å². The summed E-state index contributed by atoms with van der Waals surface area (Å²) < 4.78 is 23.9. The molecule has 0 radical (unpaired) electrons. The number of hydrogen-bond acceptors (Lipinski definition) is 4. The molecule has 0 unspecified atom stereocenters. The fourth-order valence-corrected chi connectivity index (χ4v) is 4.29. The average Bonchev–Trinajstić information content (AvgIpc) is 3.13.